The molecule has 1 aromatic heterocycles. The van der Waals surface area contributed by atoms with Crippen molar-refractivity contribution >= 4 is 57.9 Å². The molecule has 2 aromatic carbocycles. The molecule has 1 fully saturated rings. The number of hydrogen-bond donors (Lipinski definition) is 1. The van der Waals surface area contributed by atoms with Crippen LogP contribution < -0.4 is 5.32 Å². The minimum absolute atomic E-state index is 0.00932. The molecule has 1 saturated heterocycles. The zero-order valence-electron chi connectivity index (χ0n) is 17.0. The summed E-state index contributed by atoms with van der Waals surface area (Å²) in [7, 11) is 0. The van der Waals surface area contributed by atoms with E-state index in [1.54, 1.807) is 0 Å². The summed E-state index contributed by atoms with van der Waals surface area (Å²) in [4.78, 5) is 48.6. The van der Waals surface area contributed by atoms with E-state index in [9.17, 15) is 28.9 Å². The van der Waals surface area contributed by atoms with E-state index in [0.29, 0.717) is 11.8 Å². The molecule has 0 aliphatic carbocycles. The van der Waals surface area contributed by atoms with E-state index in [1.807, 2.05) is 0 Å². The third-order valence-corrected chi connectivity index (χ3v) is 5.75. The second-order valence-corrected chi connectivity index (χ2v) is 8.38. The molecule has 0 atom stereocenters. The zero-order chi connectivity index (χ0) is 24.4. The average molecular weight is 502 g/mol. The normalized spacial score (nSPS) is 14.6. The van der Waals surface area contributed by atoms with Crippen LogP contribution in [0.2, 0.25) is 5.02 Å². The van der Waals surface area contributed by atoms with E-state index < -0.39 is 34.3 Å². The summed E-state index contributed by atoms with van der Waals surface area (Å²) in [6, 6.07) is 12.3. The van der Waals surface area contributed by atoms with Crippen LogP contribution in [0.15, 0.2) is 63.9 Å². The highest BCUT2D eigenvalue weighted by atomic mass is 35.5. The van der Waals surface area contributed by atoms with Gasteiger partial charge in [-0.2, -0.15) is 0 Å². The number of carbonyl (C=O) groups excluding carboxylic acids is 3. The van der Waals surface area contributed by atoms with Gasteiger partial charge in [-0.25, -0.2) is 4.39 Å². The van der Waals surface area contributed by atoms with Crippen LogP contribution in [-0.2, 0) is 9.59 Å². The van der Waals surface area contributed by atoms with Crippen molar-refractivity contribution in [1.29, 1.82) is 0 Å². The van der Waals surface area contributed by atoms with Gasteiger partial charge in [-0.3, -0.25) is 29.4 Å². The summed E-state index contributed by atoms with van der Waals surface area (Å²) in [5, 5.41) is 13.3. The number of furan rings is 1. The molecule has 0 spiro atoms. The second-order valence-electron chi connectivity index (χ2n) is 6.95. The Balaban J connectivity index is 1.49. The number of anilines is 1. The van der Waals surface area contributed by atoms with Gasteiger partial charge in [0.15, 0.2) is 0 Å². The van der Waals surface area contributed by atoms with Crippen LogP contribution in [0, 0.1) is 15.9 Å². The van der Waals surface area contributed by atoms with E-state index in [-0.39, 0.29) is 38.4 Å². The maximum atomic E-state index is 13.3. The molecule has 172 valence electrons. The van der Waals surface area contributed by atoms with Crippen molar-refractivity contribution in [2.45, 2.75) is 0 Å². The molecule has 0 saturated carbocycles. The molecule has 9 nitrogen and oxygen atoms in total. The van der Waals surface area contributed by atoms with E-state index in [4.69, 9.17) is 16.0 Å². The quantitative estimate of drug-likeness (QED) is 0.275. The molecule has 1 aliphatic heterocycles. The van der Waals surface area contributed by atoms with Gasteiger partial charge in [0.2, 0.25) is 5.91 Å². The van der Waals surface area contributed by atoms with Crippen LogP contribution in [0.3, 0.4) is 0 Å². The Kier molecular flexibility index (Phi) is 6.48. The fourth-order valence-electron chi connectivity index (χ4n) is 3.12. The molecule has 0 bridgehead atoms. The summed E-state index contributed by atoms with van der Waals surface area (Å²) >= 11 is 6.45. The Labute approximate surface area is 200 Å². The molecule has 3 aromatic rings. The van der Waals surface area contributed by atoms with Gasteiger partial charge in [0.05, 0.1) is 15.4 Å². The highest BCUT2D eigenvalue weighted by Gasteiger charge is 2.36. The Morgan fingerprint density at radius 1 is 1.21 bits per heavy atom. The molecule has 2 heterocycles. The van der Waals surface area contributed by atoms with E-state index >= 15 is 0 Å². The summed E-state index contributed by atoms with van der Waals surface area (Å²) in [6.45, 7) is -0.557. The molecule has 4 rings (SSSR count). The third kappa shape index (κ3) is 5.00. The van der Waals surface area contributed by atoms with Gasteiger partial charge in [0, 0.05) is 22.9 Å². The molecule has 0 radical (unpaired) electrons. The number of nitrogens with zero attached hydrogens (tertiary/aromatic N) is 2. The lowest BCUT2D eigenvalue weighted by Gasteiger charge is -2.12. The SMILES string of the molecule is O=C(CN1C(=O)S/C(=C/c2ccc(-c3ccc(Cl)cc3[N+](=O)[O-])o2)C1=O)Nc1cccc(F)c1. The molecule has 0 unspecified atom stereocenters. The molecule has 12 heteroatoms. The Bertz CT molecular complexity index is 1370. The largest absolute Gasteiger partial charge is 0.456 e. The number of halogens is 2. The van der Waals surface area contributed by atoms with Crippen molar-refractivity contribution in [2.75, 3.05) is 11.9 Å². The Morgan fingerprint density at radius 3 is 2.74 bits per heavy atom. The minimum atomic E-state index is -0.709. The predicted octanol–water partition coefficient (Wildman–Crippen LogP) is 5.32. The lowest BCUT2D eigenvalue weighted by atomic mass is 10.1. The number of amides is 3. The first-order valence-electron chi connectivity index (χ1n) is 9.56. The predicted molar refractivity (Wildman–Crippen MR) is 124 cm³/mol. The highest BCUT2D eigenvalue weighted by molar-refractivity contribution is 8.18. The standard InChI is InChI=1S/C22H13ClFN3O6S/c23-12-4-6-16(17(8-12)27(31)32)18-7-5-15(33-18)10-19-21(29)26(22(30)34-19)11-20(28)25-14-3-1-2-13(24)9-14/h1-10H,11H2,(H,25,28)/b19-10+. The number of benzene rings is 2. The second kappa shape index (κ2) is 9.49. The Morgan fingerprint density at radius 2 is 2.00 bits per heavy atom. The average Bonchev–Trinajstić information content (AvgIpc) is 3.34. The van der Waals surface area contributed by atoms with E-state index in [0.717, 1.165) is 11.0 Å². The van der Waals surface area contributed by atoms with Crippen LogP contribution in [0.4, 0.5) is 20.6 Å². The number of nitrogens with one attached hydrogen (secondary N) is 1. The van der Waals surface area contributed by atoms with Crippen LogP contribution in [0.5, 0.6) is 0 Å². The molecule has 34 heavy (non-hydrogen) atoms. The third-order valence-electron chi connectivity index (χ3n) is 4.61. The molecular formula is C22H13ClFN3O6S. The van der Waals surface area contributed by atoms with Crippen molar-refractivity contribution < 1.29 is 28.1 Å². The maximum absolute atomic E-state index is 13.3. The first kappa shape index (κ1) is 23.2. The van der Waals surface area contributed by atoms with Crippen molar-refractivity contribution in [3.63, 3.8) is 0 Å². The van der Waals surface area contributed by atoms with Crippen LogP contribution in [0.1, 0.15) is 5.76 Å². The van der Waals surface area contributed by atoms with Crippen LogP contribution in [0.25, 0.3) is 17.4 Å². The van der Waals surface area contributed by atoms with Gasteiger partial charge in [-0.05, 0) is 54.2 Å². The van der Waals surface area contributed by atoms with Crippen molar-refractivity contribution in [3.8, 4) is 11.3 Å². The van der Waals surface area contributed by atoms with Gasteiger partial charge in [0.25, 0.3) is 16.8 Å². The molecular weight excluding hydrogens is 489 g/mol. The lowest BCUT2D eigenvalue weighted by Crippen LogP contribution is -2.36. The van der Waals surface area contributed by atoms with Gasteiger partial charge >= 0.3 is 0 Å². The summed E-state index contributed by atoms with van der Waals surface area (Å²) in [5.74, 6) is -1.59. The number of rotatable bonds is 6. The van der Waals surface area contributed by atoms with Crippen molar-refractivity contribution in [3.05, 3.63) is 86.2 Å². The maximum Gasteiger partial charge on any atom is 0.294 e. The van der Waals surface area contributed by atoms with Gasteiger partial charge in [-0.1, -0.05) is 17.7 Å². The minimum Gasteiger partial charge on any atom is -0.456 e. The van der Waals surface area contributed by atoms with Gasteiger partial charge in [0.1, 0.15) is 23.9 Å². The number of thioether (sulfide) groups is 1. The van der Waals surface area contributed by atoms with Crippen molar-refractivity contribution in [2.24, 2.45) is 0 Å². The molecule has 3 amide bonds. The number of nitro benzene ring substituents is 1. The van der Waals surface area contributed by atoms with Gasteiger partial charge < -0.3 is 9.73 Å². The van der Waals surface area contributed by atoms with Gasteiger partial charge in [-0.15, -0.1) is 0 Å². The number of nitro groups is 1. The van der Waals surface area contributed by atoms with Crippen molar-refractivity contribution in [1.82, 2.24) is 4.90 Å². The fraction of sp³-hybridized carbons (Fsp3) is 0.0455. The summed E-state index contributed by atoms with van der Waals surface area (Å²) < 4.78 is 18.9. The zero-order valence-corrected chi connectivity index (χ0v) is 18.6. The highest BCUT2D eigenvalue weighted by Crippen LogP contribution is 2.36. The first-order valence-corrected chi connectivity index (χ1v) is 10.8. The monoisotopic (exact) mass is 501 g/mol. The first-order chi connectivity index (χ1) is 16.2. The molecule has 1 aliphatic rings. The van der Waals surface area contributed by atoms with Crippen LogP contribution in [-0.4, -0.2) is 33.4 Å². The number of hydrogen-bond acceptors (Lipinski definition) is 7. The number of carbonyl (C=O) groups is 3. The van der Waals surface area contributed by atoms with E-state index in [1.165, 1.54) is 54.6 Å². The van der Waals surface area contributed by atoms with E-state index in [2.05, 4.69) is 5.32 Å². The fourth-order valence-corrected chi connectivity index (χ4v) is 4.10. The smallest absolute Gasteiger partial charge is 0.294 e. The Hall–Kier alpha value is -3.96. The van der Waals surface area contributed by atoms with Crippen LogP contribution >= 0.6 is 23.4 Å². The summed E-state index contributed by atoms with van der Waals surface area (Å²) in [6.07, 6.45) is 1.31. The lowest BCUT2D eigenvalue weighted by molar-refractivity contribution is -0.384. The molecule has 1 N–H and O–H groups in total. The number of imide groups is 1. The topological polar surface area (TPSA) is 123 Å². The summed E-state index contributed by atoms with van der Waals surface area (Å²) in [5.41, 5.74) is 0.126.